The monoisotopic (exact) mass is 285 g/mol. The molecule has 2 heteroatoms. The minimum absolute atomic E-state index is 0.951. The summed E-state index contributed by atoms with van der Waals surface area (Å²) in [5.74, 6) is 0. The summed E-state index contributed by atoms with van der Waals surface area (Å²) in [6.45, 7) is 2.17. The molecular weight excluding hydrogens is 270 g/mol. The van der Waals surface area contributed by atoms with Gasteiger partial charge in [-0.05, 0) is 30.7 Å². The standard InChI is InChI=1S/C20H15NO/c1-12-6-5-8-13-14-10-11-17-18(20(14)21(2)19(12)13)15-7-3-4-9-16(15)22-17/h3-11H,1-2H3. The average molecular weight is 285 g/mol. The topological polar surface area (TPSA) is 18.1 Å². The SMILES string of the molecule is Cc1cccc2c3ccc4oc5ccccc5c4c3n(C)c12. The molecule has 106 valence electrons. The number of aromatic nitrogens is 1. The minimum atomic E-state index is 0.951. The molecular formula is C20H15NO. The molecule has 0 fully saturated rings. The molecule has 5 aromatic rings. The molecule has 22 heavy (non-hydrogen) atoms. The fourth-order valence-corrected chi connectivity index (χ4v) is 3.80. The van der Waals surface area contributed by atoms with Gasteiger partial charge in [-0.15, -0.1) is 0 Å². The van der Waals surface area contributed by atoms with Crippen LogP contribution >= 0.6 is 0 Å². The molecule has 5 rings (SSSR count). The number of furan rings is 1. The summed E-state index contributed by atoms with van der Waals surface area (Å²) in [6, 6.07) is 19.1. The van der Waals surface area contributed by atoms with Crippen LogP contribution in [0.2, 0.25) is 0 Å². The van der Waals surface area contributed by atoms with Crippen molar-refractivity contribution in [1.82, 2.24) is 4.57 Å². The van der Waals surface area contributed by atoms with E-state index >= 15 is 0 Å². The highest BCUT2D eigenvalue weighted by Gasteiger charge is 2.16. The minimum Gasteiger partial charge on any atom is -0.456 e. The lowest BCUT2D eigenvalue weighted by atomic mass is 10.1. The number of hydrogen-bond acceptors (Lipinski definition) is 1. The van der Waals surface area contributed by atoms with Gasteiger partial charge >= 0.3 is 0 Å². The van der Waals surface area contributed by atoms with Gasteiger partial charge in [0.25, 0.3) is 0 Å². The fourth-order valence-electron chi connectivity index (χ4n) is 3.80. The second-order valence-electron chi connectivity index (χ2n) is 5.96. The summed E-state index contributed by atoms with van der Waals surface area (Å²) in [5, 5.41) is 5.00. The molecule has 0 spiro atoms. The lowest BCUT2D eigenvalue weighted by Crippen LogP contribution is -1.89. The quantitative estimate of drug-likeness (QED) is 0.365. The van der Waals surface area contributed by atoms with Crippen molar-refractivity contribution < 1.29 is 4.42 Å². The number of para-hydroxylation sites is 2. The van der Waals surface area contributed by atoms with Gasteiger partial charge in [0.15, 0.2) is 0 Å². The van der Waals surface area contributed by atoms with Crippen molar-refractivity contribution in [2.24, 2.45) is 7.05 Å². The Balaban J connectivity index is 2.18. The average Bonchev–Trinajstić information content (AvgIpc) is 3.04. The summed E-state index contributed by atoms with van der Waals surface area (Å²) >= 11 is 0. The van der Waals surface area contributed by atoms with Crippen LogP contribution in [-0.2, 0) is 7.05 Å². The van der Waals surface area contributed by atoms with Gasteiger partial charge in [-0.1, -0.05) is 36.4 Å². The number of benzene rings is 3. The van der Waals surface area contributed by atoms with E-state index in [2.05, 4.69) is 61.0 Å². The van der Waals surface area contributed by atoms with Crippen molar-refractivity contribution in [3.05, 3.63) is 60.2 Å². The zero-order valence-corrected chi connectivity index (χ0v) is 12.6. The highest BCUT2D eigenvalue weighted by atomic mass is 16.3. The van der Waals surface area contributed by atoms with Gasteiger partial charge in [0.2, 0.25) is 0 Å². The van der Waals surface area contributed by atoms with Crippen molar-refractivity contribution >= 4 is 43.7 Å². The summed E-state index contributed by atoms with van der Waals surface area (Å²) in [6.07, 6.45) is 0. The molecule has 0 N–H and O–H groups in total. The van der Waals surface area contributed by atoms with Crippen molar-refractivity contribution in [2.75, 3.05) is 0 Å². The lowest BCUT2D eigenvalue weighted by Gasteiger charge is -2.02. The molecule has 3 aromatic carbocycles. The van der Waals surface area contributed by atoms with E-state index in [4.69, 9.17) is 4.42 Å². The number of fused-ring (bicyclic) bond motifs is 7. The third-order valence-corrected chi connectivity index (χ3v) is 4.71. The van der Waals surface area contributed by atoms with Crippen LogP contribution in [0.25, 0.3) is 43.7 Å². The van der Waals surface area contributed by atoms with Crippen LogP contribution in [-0.4, -0.2) is 4.57 Å². The number of aryl methyl sites for hydroxylation is 2. The van der Waals surface area contributed by atoms with Crippen LogP contribution in [0.4, 0.5) is 0 Å². The molecule has 0 amide bonds. The van der Waals surface area contributed by atoms with E-state index in [0.29, 0.717) is 0 Å². The summed E-state index contributed by atoms with van der Waals surface area (Å²) in [5.41, 5.74) is 5.77. The fraction of sp³-hybridized carbons (Fsp3) is 0.100. The van der Waals surface area contributed by atoms with Crippen molar-refractivity contribution in [1.29, 1.82) is 0 Å². The molecule has 0 atom stereocenters. The van der Waals surface area contributed by atoms with Crippen LogP contribution in [0.5, 0.6) is 0 Å². The van der Waals surface area contributed by atoms with Crippen molar-refractivity contribution in [2.45, 2.75) is 6.92 Å². The van der Waals surface area contributed by atoms with Crippen molar-refractivity contribution in [3.63, 3.8) is 0 Å². The molecule has 0 unspecified atom stereocenters. The third kappa shape index (κ3) is 1.30. The maximum atomic E-state index is 6.03. The van der Waals surface area contributed by atoms with E-state index in [1.54, 1.807) is 0 Å². The Morgan fingerprint density at radius 1 is 0.727 bits per heavy atom. The molecule has 0 bridgehead atoms. The molecule has 2 nitrogen and oxygen atoms in total. The Morgan fingerprint density at radius 2 is 1.50 bits per heavy atom. The van der Waals surface area contributed by atoms with Crippen molar-refractivity contribution in [3.8, 4) is 0 Å². The maximum absolute atomic E-state index is 6.03. The van der Waals surface area contributed by atoms with Gasteiger partial charge in [-0.3, -0.25) is 0 Å². The Labute approximate surface area is 127 Å². The van der Waals surface area contributed by atoms with E-state index in [1.807, 2.05) is 12.1 Å². The summed E-state index contributed by atoms with van der Waals surface area (Å²) in [4.78, 5) is 0. The maximum Gasteiger partial charge on any atom is 0.137 e. The van der Waals surface area contributed by atoms with Crippen LogP contribution in [0.3, 0.4) is 0 Å². The highest BCUT2D eigenvalue weighted by Crippen LogP contribution is 2.39. The Hall–Kier alpha value is -2.74. The Bertz CT molecular complexity index is 1190. The number of nitrogens with zero attached hydrogens (tertiary/aromatic N) is 1. The Kier molecular flexibility index (Phi) is 2.11. The first kappa shape index (κ1) is 11.9. The lowest BCUT2D eigenvalue weighted by molar-refractivity contribution is 0.669. The Morgan fingerprint density at radius 3 is 2.41 bits per heavy atom. The van der Waals surface area contributed by atoms with E-state index in [-0.39, 0.29) is 0 Å². The molecule has 0 radical (unpaired) electrons. The van der Waals surface area contributed by atoms with E-state index in [1.165, 1.54) is 38.1 Å². The van der Waals surface area contributed by atoms with Gasteiger partial charge in [0, 0.05) is 23.2 Å². The van der Waals surface area contributed by atoms with Crippen LogP contribution in [0.15, 0.2) is 59.0 Å². The van der Waals surface area contributed by atoms with Gasteiger partial charge < -0.3 is 8.98 Å². The molecule has 0 aliphatic heterocycles. The van der Waals surface area contributed by atoms with Crippen LogP contribution in [0, 0.1) is 6.92 Å². The third-order valence-electron chi connectivity index (χ3n) is 4.71. The number of rotatable bonds is 0. The second-order valence-corrected chi connectivity index (χ2v) is 5.96. The van der Waals surface area contributed by atoms with E-state index in [0.717, 1.165) is 11.2 Å². The van der Waals surface area contributed by atoms with Gasteiger partial charge in [-0.2, -0.15) is 0 Å². The first-order valence-electron chi connectivity index (χ1n) is 7.53. The smallest absolute Gasteiger partial charge is 0.137 e. The molecule has 0 aliphatic carbocycles. The largest absolute Gasteiger partial charge is 0.456 e. The molecule has 2 heterocycles. The van der Waals surface area contributed by atoms with Gasteiger partial charge in [-0.25, -0.2) is 0 Å². The zero-order chi connectivity index (χ0) is 14.8. The summed E-state index contributed by atoms with van der Waals surface area (Å²) in [7, 11) is 2.15. The normalized spacial score (nSPS) is 12.1. The molecule has 2 aromatic heterocycles. The van der Waals surface area contributed by atoms with Gasteiger partial charge in [0.1, 0.15) is 11.2 Å². The first-order chi connectivity index (χ1) is 10.8. The summed E-state index contributed by atoms with van der Waals surface area (Å²) < 4.78 is 8.34. The molecule has 0 saturated carbocycles. The van der Waals surface area contributed by atoms with Gasteiger partial charge in [0.05, 0.1) is 16.4 Å². The molecule has 0 saturated heterocycles. The molecule has 0 aliphatic rings. The van der Waals surface area contributed by atoms with E-state index < -0.39 is 0 Å². The predicted octanol–water partition coefficient (Wildman–Crippen LogP) is 5.54. The first-order valence-corrected chi connectivity index (χ1v) is 7.53. The van der Waals surface area contributed by atoms with Crippen LogP contribution < -0.4 is 0 Å². The van der Waals surface area contributed by atoms with Crippen LogP contribution in [0.1, 0.15) is 5.56 Å². The predicted molar refractivity (Wildman–Crippen MR) is 92.4 cm³/mol. The second kappa shape index (κ2) is 3.92. The highest BCUT2D eigenvalue weighted by molar-refractivity contribution is 6.24. The zero-order valence-electron chi connectivity index (χ0n) is 12.6. The number of hydrogen-bond donors (Lipinski definition) is 0. The van der Waals surface area contributed by atoms with E-state index in [9.17, 15) is 0 Å².